The Kier molecular flexibility index (Phi) is 6.70. The van der Waals surface area contributed by atoms with Gasteiger partial charge in [0, 0.05) is 37.7 Å². The summed E-state index contributed by atoms with van der Waals surface area (Å²) in [4.78, 5) is 12.1. The molecule has 0 unspecified atom stereocenters. The summed E-state index contributed by atoms with van der Waals surface area (Å²) in [5.74, 6) is 0. The maximum absolute atomic E-state index is 12.7. The van der Waals surface area contributed by atoms with Crippen LogP contribution in [0.5, 0.6) is 0 Å². The molecule has 0 aliphatic heterocycles. The summed E-state index contributed by atoms with van der Waals surface area (Å²) < 4.78 is 26.5. The zero-order valence-electron chi connectivity index (χ0n) is 11.7. The van der Waals surface area contributed by atoms with Gasteiger partial charge in [-0.05, 0) is 0 Å². The van der Waals surface area contributed by atoms with Crippen LogP contribution in [-0.4, -0.2) is 11.0 Å². The monoisotopic (exact) mass is 385 g/mol. The van der Waals surface area contributed by atoms with Crippen LogP contribution in [0.4, 0.5) is 8.78 Å². The Balaban J connectivity index is 0.00000220. The third kappa shape index (κ3) is 4.21. The van der Waals surface area contributed by atoms with Crippen molar-refractivity contribution in [2.75, 3.05) is 0 Å². The number of halogens is 3. The molecule has 2 rings (SSSR count). The van der Waals surface area contributed by atoms with E-state index in [-0.39, 0.29) is 32.7 Å². The van der Waals surface area contributed by atoms with Crippen LogP contribution in [-0.2, 0) is 39.3 Å². The standard InChI is InChI=1S/C15H13ClF2NO.Y/c1-9-3-6-13(19(15(9)20)8-14(17)18)12-5-4-11(16)7-10(12)2;/h3-5,7,14H,8H2,1-2H3;/q-1;. The van der Waals surface area contributed by atoms with Gasteiger partial charge in [0.1, 0.15) is 0 Å². The fraction of sp³-hybridized carbons (Fsp3) is 0.267. The quantitative estimate of drug-likeness (QED) is 0.736. The largest absolute Gasteiger partial charge is 0.336 e. The molecule has 0 saturated heterocycles. The number of aryl methyl sites for hydroxylation is 2. The van der Waals surface area contributed by atoms with Crippen molar-refractivity contribution < 1.29 is 41.5 Å². The van der Waals surface area contributed by atoms with Crippen molar-refractivity contribution in [1.82, 2.24) is 4.57 Å². The van der Waals surface area contributed by atoms with E-state index in [1.54, 1.807) is 25.1 Å². The maximum atomic E-state index is 12.7. The molecule has 0 aliphatic carbocycles. The molecule has 0 bridgehead atoms. The molecule has 2 aromatic rings. The predicted molar refractivity (Wildman–Crippen MR) is 75.5 cm³/mol. The number of hydrogen-bond acceptors (Lipinski definition) is 1. The summed E-state index contributed by atoms with van der Waals surface area (Å²) in [6.07, 6.45) is -2.60. The average Bonchev–Trinajstić information content (AvgIpc) is 2.36. The van der Waals surface area contributed by atoms with Crippen molar-refractivity contribution in [3.63, 3.8) is 0 Å². The average molecular weight is 386 g/mol. The van der Waals surface area contributed by atoms with Crippen LogP contribution < -0.4 is 5.56 Å². The van der Waals surface area contributed by atoms with Crippen molar-refractivity contribution in [3.05, 3.63) is 56.8 Å². The van der Waals surface area contributed by atoms with E-state index in [0.717, 1.165) is 10.1 Å². The molecule has 21 heavy (non-hydrogen) atoms. The van der Waals surface area contributed by atoms with Gasteiger partial charge in [-0.3, -0.25) is 4.79 Å². The Bertz CT molecular complexity index is 701. The van der Waals surface area contributed by atoms with Crippen LogP contribution in [0.2, 0.25) is 5.02 Å². The normalized spacial score (nSPS) is 10.6. The maximum Gasteiger partial charge on any atom is 0.256 e. The summed E-state index contributed by atoms with van der Waals surface area (Å²) >= 11 is 5.89. The zero-order chi connectivity index (χ0) is 14.9. The number of rotatable bonds is 3. The van der Waals surface area contributed by atoms with Crippen LogP contribution >= 0.6 is 11.6 Å². The zero-order valence-corrected chi connectivity index (χ0v) is 15.3. The van der Waals surface area contributed by atoms with E-state index in [0.29, 0.717) is 21.8 Å². The Hall–Kier alpha value is -0.576. The molecule has 1 aromatic heterocycles. The number of pyridine rings is 1. The molecular formula is C15H13ClF2NOY-. The van der Waals surface area contributed by atoms with Gasteiger partial charge in [-0.15, -0.1) is 6.07 Å². The molecule has 0 spiro atoms. The van der Waals surface area contributed by atoms with Gasteiger partial charge in [-0.1, -0.05) is 60.0 Å². The predicted octanol–water partition coefficient (Wildman–Crippen LogP) is 3.85. The third-order valence-corrected chi connectivity index (χ3v) is 3.28. The van der Waals surface area contributed by atoms with Gasteiger partial charge in [0.25, 0.3) is 6.43 Å². The summed E-state index contributed by atoms with van der Waals surface area (Å²) in [5.41, 5.74) is 1.80. The Morgan fingerprint density at radius 1 is 1.29 bits per heavy atom. The second-order valence-corrected chi connectivity index (χ2v) is 5.02. The first-order chi connectivity index (χ1) is 9.40. The third-order valence-electron chi connectivity index (χ3n) is 3.04. The summed E-state index contributed by atoms with van der Waals surface area (Å²) in [5, 5.41) is 0.557. The van der Waals surface area contributed by atoms with Crippen molar-refractivity contribution in [2.24, 2.45) is 0 Å². The molecular weight excluding hydrogens is 373 g/mol. The van der Waals surface area contributed by atoms with Gasteiger partial charge in [0.2, 0.25) is 0 Å². The summed E-state index contributed by atoms with van der Waals surface area (Å²) in [6.45, 7) is 2.75. The number of aromatic nitrogens is 1. The smallest absolute Gasteiger partial charge is 0.256 e. The van der Waals surface area contributed by atoms with Gasteiger partial charge in [-0.25, -0.2) is 8.78 Å². The fourth-order valence-corrected chi connectivity index (χ4v) is 2.29. The Morgan fingerprint density at radius 2 is 1.95 bits per heavy atom. The molecule has 1 radical (unpaired) electrons. The number of hydrogen-bond donors (Lipinski definition) is 0. The van der Waals surface area contributed by atoms with Crippen LogP contribution in [0.25, 0.3) is 11.3 Å². The first-order valence-corrected chi connectivity index (χ1v) is 6.44. The van der Waals surface area contributed by atoms with Gasteiger partial charge in [0.05, 0.1) is 6.54 Å². The number of benzene rings is 1. The van der Waals surface area contributed by atoms with Gasteiger partial charge >= 0.3 is 0 Å². The van der Waals surface area contributed by atoms with E-state index in [4.69, 9.17) is 11.6 Å². The SMILES string of the molecule is Cc1cc(Cl)ccc1-c1[c-]cc(C)c(=O)n1CC(F)F.[Y]. The first kappa shape index (κ1) is 18.5. The van der Waals surface area contributed by atoms with Crippen LogP contribution in [0.1, 0.15) is 11.1 Å². The summed E-state index contributed by atoms with van der Waals surface area (Å²) in [6, 6.07) is 9.53. The molecule has 0 aliphatic rings. The summed E-state index contributed by atoms with van der Waals surface area (Å²) in [7, 11) is 0. The molecule has 6 heteroatoms. The van der Waals surface area contributed by atoms with Gasteiger partial charge < -0.3 is 4.57 Å². The van der Waals surface area contributed by atoms with Crippen molar-refractivity contribution in [2.45, 2.75) is 26.8 Å². The number of nitrogens with zero attached hydrogens (tertiary/aromatic N) is 1. The van der Waals surface area contributed by atoms with Crippen LogP contribution in [0.3, 0.4) is 0 Å². The molecule has 1 aromatic carbocycles. The topological polar surface area (TPSA) is 22.0 Å². The van der Waals surface area contributed by atoms with E-state index in [1.807, 2.05) is 6.92 Å². The molecule has 2 nitrogen and oxygen atoms in total. The Morgan fingerprint density at radius 3 is 2.52 bits per heavy atom. The minimum atomic E-state index is -2.60. The van der Waals surface area contributed by atoms with E-state index in [9.17, 15) is 13.6 Å². The molecule has 0 fully saturated rings. The first-order valence-electron chi connectivity index (χ1n) is 6.07. The van der Waals surface area contributed by atoms with Gasteiger partial charge in [-0.2, -0.15) is 12.1 Å². The molecule has 0 atom stereocenters. The molecule has 0 amide bonds. The second kappa shape index (κ2) is 7.62. The van der Waals surface area contributed by atoms with Crippen molar-refractivity contribution >= 4 is 11.6 Å². The molecule has 0 N–H and O–H groups in total. The van der Waals surface area contributed by atoms with Crippen LogP contribution in [0, 0.1) is 19.9 Å². The van der Waals surface area contributed by atoms with E-state index in [1.165, 1.54) is 6.07 Å². The fourth-order valence-electron chi connectivity index (χ4n) is 2.06. The number of alkyl halides is 2. The van der Waals surface area contributed by atoms with Crippen molar-refractivity contribution in [1.29, 1.82) is 0 Å². The van der Waals surface area contributed by atoms with Gasteiger partial charge in [0.15, 0.2) is 5.56 Å². The molecule has 1 heterocycles. The molecule has 0 saturated carbocycles. The minimum Gasteiger partial charge on any atom is -0.336 e. The minimum absolute atomic E-state index is 0. The van der Waals surface area contributed by atoms with Crippen molar-refractivity contribution in [3.8, 4) is 11.3 Å². The van der Waals surface area contributed by atoms with E-state index >= 15 is 0 Å². The van der Waals surface area contributed by atoms with E-state index in [2.05, 4.69) is 6.07 Å². The molecule has 109 valence electrons. The van der Waals surface area contributed by atoms with Crippen LogP contribution in [0.15, 0.2) is 29.1 Å². The second-order valence-electron chi connectivity index (χ2n) is 4.59. The Labute approximate surface area is 152 Å². The van der Waals surface area contributed by atoms with E-state index < -0.39 is 18.5 Å².